The molecule has 41 heavy (non-hydrogen) atoms. The summed E-state index contributed by atoms with van der Waals surface area (Å²) in [5.41, 5.74) is 1.32. The van der Waals surface area contributed by atoms with Gasteiger partial charge in [0.25, 0.3) is 10.0 Å². The van der Waals surface area contributed by atoms with Crippen molar-refractivity contribution in [1.82, 2.24) is 10.2 Å². The summed E-state index contributed by atoms with van der Waals surface area (Å²) in [6, 6.07) is 21.5. The third-order valence-corrected chi connectivity index (χ3v) is 8.52. The number of anilines is 1. The smallest absolute Gasteiger partial charge is 0.264 e. The standard InChI is InChI=1S/C31H39N3O6S/c1-5-6-20-32-31(36)24(2)33(21-19-25-13-9-7-10-14-25)30(35)23-34(26-15-11-8-12-16-26)41(37,38)27-17-18-28(39-3)29(22-27)40-4/h7-18,22,24H,5-6,19-21,23H2,1-4H3,(H,32,36)/t24-/m0/s1. The minimum absolute atomic E-state index is 0.0620. The summed E-state index contributed by atoms with van der Waals surface area (Å²) >= 11 is 0. The van der Waals surface area contributed by atoms with E-state index in [1.165, 1.54) is 37.3 Å². The van der Waals surface area contributed by atoms with Crippen LogP contribution >= 0.6 is 0 Å². The first kappa shape index (κ1) is 31.5. The number of sulfonamides is 1. The average molecular weight is 582 g/mol. The first-order valence-corrected chi connectivity index (χ1v) is 15.1. The molecule has 0 aliphatic rings. The number of unbranched alkanes of at least 4 members (excludes halogenated alkanes) is 1. The number of ether oxygens (including phenoxy) is 2. The molecule has 0 fully saturated rings. The molecular weight excluding hydrogens is 542 g/mol. The summed E-state index contributed by atoms with van der Waals surface area (Å²) in [7, 11) is -1.34. The van der Waals surface area contributed by atoms with Crippen LogP contribution < -0.4 is 19.1 Å². The Morgan fingerprint density at radius 3 is 2.15 bits per heavy atom. The number of carbonyl (C=O) groups is 2. The van der Waals surface area contributed by atoms with Crippen molar-refractivity contribution in [3.63, 3.8) is 0 Å². The summed E-state index contributed by atoms with van der Waals surface area (Å²) in [5.74, 6) is -0.153. The fourth-order valence-corrected chi connectivity index (χ4v) is 5.76. The molecule has 2 amide bonds. The van der Waals surface area contributed by atoms with E-state index < -0.39 is 28.5 Å². The van der Waals surface area contributed by atoms with Crippen LogP contribution in [-0.4, -0.2) is 65.0 Å². The Labute approximate surface area is 243 Å². The van der Waals surface area contributed by atoms with Crippen LogP contribution in [0.5, 0.6) is 11.5 Å². The van der Waals surface area contributed by atoms with Gasteiger partial charge >= 0.3 is 0 Å². The molecule has 0 unspecified atom stereocenters. The Hall–Kier alpha value is -4.05. The first-order chi connectivity index (χ1) is 19.7. The van der Waals surface area contributed by atoms with Gasteiger partial charge in [0.15, 0.2) is 11.5 Å². The van der Waals surface area contributed by atoms with Crippen LogP contribution in [-0.2, 0) is 26.0 Å². The molecule has 0 aromatic heterocycles. The quantitative estimate of drug-likeness (QED) is 0.269. The lowest BCUT2D eigenvalue weighted by Crippen LogP contribution is -2.52. The van der Waals surface area contributed by atoms with Crippen LogP contribution in [0, 0.1) is 0 Å². The monoisotopic (exact) mass is 581 g/mol. The highest BCUT2D eigenvalue weighted by atomic mass is 32.2. The van der Waals surface area contributed by atoms with E-state index in [-0.39, 0.29) is 23.1 Å². The van der Waals surface area contributed by atoms with Crippen LogP contribution in [0.25, 0.3) is 0 Å². The van der Waals surface area contributed by atoms with E-state index in [9.17, 15) is 18.0 Å². The predicted octanol–water partition coefficient (Wildman–Crippen LogP) is 4.28. The maximum atomic E-state index is 14.0. The zero-order chi connectivity index (χ0) is 29.8. The fraction of sp³-hybridized carbons (Fsp3) is 0.355. The van der Waals surface area contributed by atoms with Crippen molar-refractivity contribution in [3.8, 4) is 11.5 Å². The van der Waals surface area contributed by atoms with Gasteiger partial charge in [-0.3, -0.25) is 13.9 Å². The molecule has 0 saturated heterocycles. The molecule has 1 N–H and O–H groups in total. The number of carbonyl (C=O) groups excluding carboxylic acids is 2. The van der Waals surface area contributed by atoms with Gasteiger partial charge in [-0.1, -0.05) is 61.9 Å². The predicted molar refractivity (Wildman–Crippen MR) is 160 cm³/mol. The van der Waals surface area contributed by atoms with Crippen LogP contribution in [0.2, 0.25) is 0 Å². The molecule has 10 heteroatoms. The maximum Gasteiger partial charge on any atom is 0.264 e. The van der Waals surface area contributed by atoms with Crippen LogP contribution in [0.15, 0.2) is 83.8 Å². The molecule has 3 aromatic rings. The summed E-state index contributed by atoms with van der Waals surface area (Å²) in [6.07, 6.45) is 2.25. The topological polar surface area (TPSA) is 105 Å². The van der Waals surface area contributed by atoms with Crippen molar-refractivity contribution < 1.29 is 27.5 Å². The fourth-order valence-electron chi connectivity index (χ4n) is 4.33. The van der Waals surface area contributed by atoms with E-state index in [1.54, 1.807) is 37.3 Å². The Bertz CT molecular complexity index is 1380. The Morgan fingerprint density at radius 1 is 0.902 bits per heavy atom. The highest BCUT2D eigenvalue weighted by Gasteiger charge is 2.32. The second kappa shape index (κ2) is 15.1. The number of para-hydroxylation sites is 1. The Balaban J connectivity index is 1.96. The molecule has 3 rings (SSSR count). The van der Waals surface area contributed by atoms with E-state index in [4.69, 9.17) is 9.47 Å². The van der Waals surface area contributed by atoms with Gasteiger partial charge < -0.3 is 19.7 Å². The number of nitrogens with one attached hydrogen (secondary N) is 1. The molecule has 0 heterocycles. The third kappa shape index (κ3) is 8.23. The van der Waals surface area contributed by atoms with Crippen molar-refractivity contribution in [2.24, 2.45) is 0 Å². The highest BCUT2D eigenvalue weighted by Crippen LogP contribution is 2.32. The first-order valence-electron chi connectivity index (χ1n) is 13.6. The second-order valence-electron chi connectivity index (χ2n) is 9.51. The zero-order valence-corrected chi connectivity index (χ0v) is 24.9. The average Bonchev–Trinajstić information content (AvgIpc) is 3.00. The molecule has 0 saturated carbocycles. The number of hydrogen-bond acceptors (Lipinski definition) is 6. The molecule has 0 radical (unpaired) electrons. The molecular formula is C31H39N3O6S. The number of amides is 2. The molecule has 0 aliphatic heterocycles. The van der Waals surface area contributed by atoms with Gasteiger partial charge in [0.1, 0.15) is 12.6 Å². The minimum Gasteiger partial charge on any atom is -0.493 e. The van der Waals surface area contributed by atoms with Gasteiger partial charge in [-0.15, -0.1) is 0 Å². The molecule has 1 atom stereocenters. The van der Waals surface area contributed by atoms with E-state index in [1.807, 2.05) is 37.3 Å². The molecule has 0 bridgehead atoms. The van der Waals surface area contributed by atoms with E-state index in [0.29, 0.717) is 24.4 Å². The number of benzene rings is 3. The molecule has 9 nitrogen and oxygen atoms in total. The number of rotatable bonds is 15. The van der Waals surface area contributed by atoms with Crippen molar-refractivity contribution in [2.45, 2.75) is 44.0 Å². The minimum atomic E-state index is -4.22. The van der Waals surface area contributed by atoms with Crippen molar-refractivity contribution in [2.75, 3.05) is 38.2 Å². The van der Waals surface area contributed by atoms with Gasteiger partial charge in [-0.2, -0.15) is 0 Å². The van der Waals surface area contributed by atoms with Gasteiger partial charge in [-0.25, -0.2) is 8.42 Å². The molecule has 220 valence electrons. The third-order valence-electron chi connectivity index (χ3n) is 6.75. The van der Waals surface area contributed by atoms with Crippen molar-refractivity contribution in [3.05, 3.63) is 84.4 Å². The number of hydrogen-bond donors (Lipinski definition) is 1. The summed E-state index contributed by atoms with van der Waals surface area (Å²) in [4.78, 5) is 28.3. The number of nitrogens with zero attached hydrogens (tertiary/aromatic N) is 2. The Morgan fingerprint density at radius 2 is 1.54 bits per heavy atom. The lowest BCUT2D eigenvalue weighted by molar-refractivity contribution is -0.138. The van der Waals surface area contributed by atoms with Gasteiger partial charge in [-0.05, 0) is 49.6 Å². The summed E-state index contributed by atoms with van der Waals surface area (Å²) in [5, 5.41) is 2.89. The SMILES string of the molecule is CCCCNC(=O)[C@H](C)N(CCc1ccccc1)C(=O)CN(c1ccccc1)S(=O)(=O)c1ccc(OC)c(OC)c1. The maximum absolute atomic E-state index is 14.0. The van der Waals surface area contributed by atoms with Gasteiger partial charge in [0, 0.05) is 19.2 Å². The van der Waals surface area contributed by atoms with E-state index in [2.05, 4.69) is 5.32 Å². The molecule has 0 aliphatic carbocycles. The normalized spacial score (nSPS) is 11.8. The zero-order valence-electron chi connectivity index (χ0n) is 24.1. The summed E-state index contributed by atoms with van der Waals surface area (Å²) < 4.78 is 39.6. The highest BCUT2D eigenvalue weighted by molar-refractivity contribution is 7.92. The van der Waals surface area contributed by atoms with Gasteiger partial charge in [0.2, 0.25) is 11.8 Å². The lowest BCUT2D eigenvalue weighted by atomic mass is 10.1. The van der Waals surface area contributed by atoms with Crippen LogP contribution in [0.3, 0.4) is 0 Å². The largest absolute Gasteiger partial charge is 0.493 e. The summed E-state index contributed by atoms with van der Waals surface area (Å²) in [6.45, 7) is 3.94. The Kier molecular flexibility index (Phi) is 11.6. The van der Waals surface area contributed by atoms with E-state index in [0.717, 1.165) is 22.7 Å². The van der Waals surface area contributed by atoms with Gasteiger partial charge in [0.05, 0.1) is 24.8 Å². The second-order valence-corrected chi connectivity index (χ2v) is 11.4. The lowest BCUT2D eigenvalue weighted by Gasteiger charge is -2.32. The number of methoxy groups -OCH3 is 2. The van der Waals surface area contributed by atoms with Crippen LogP contribution in [0.4, 0.5) is 5.69 Å². The molecule has 3 aromatic carbocycles. The van der Waals surface area contributed by atoms with Crippen molar-refractivity contribution >= 4 is 27.5 Å². The van der Waals surface area contributed by atoms with Crippen molar-refractivity contribution in [1.29, 1.82) is 0 Å². The molecule has 0 spiro atoms. The van der Waals surface area contributed by atoms with E-state index >= 15 is 0 Å². The van der Waals surface area contributed by atoms with Crippen LogP contribution in [0.1, 0.15) is 32.3 Å².